The third-order valence-corrected chi connectivity index (χ3v) is 5.83. The summed E-state index contributed by atoms with van der Waals surface area (Å²) in [5, 5.41) is 13.5. The van der Waals surface area contributed by atoms with Crippen LogP contribution in [0.3, 0.4) is 0 Å². The zero-order valence-electron chi connectivity index (χ0n) is 20.7. The van der Waals surface area contributed by atoms with Gasteiger partial charge in [-0.2, -0.15) is 5.10 Å². The second-order valence-corrected chi connectivity index (χ2v) is 8.31. The first-order chi connectivity index (χ1) is 18.5. The molecule has 1 N–H and O–H groups in total. The first-order valence-corrected chi connectivity index (χ1v) is 11.8. The standard InChI is InChI=1S/C29H24N4O5/c1-19-24(29(34)35)17-31-33(19)27-9-5-7-25(32-27)23-6-3-4-8-26(23)37-18-20-10-15-28(30-16-20)38-22-13-11-21(36-2)12-14-22/h3-17H,18H2,1-2H3,(H,34,35). The highest BCUT2D eigenvalue weighted by molar-refractivity contribution is 5.88. The van der Waals surface area contributed by atoms with Crippen LogP contribution in [-0.2, 0) is 6.61 Å². The van der Waals surface area contributed by atoms with E-state index in [9.17, 15) is 9.90 Å². The molecule has 0 bridgehead atoms. The van der Waals surface area contributed by atoms with Crippen molar-refractivity contribution in [3.63, 3.8) is 0 Å². The van der Waals surface area contributed by atoms with Gasteiger partial charge in [0.2, 0.25) is 5.88 Å². The van der Waals surface area contributed by atoms with E-state index >= 15 is 0 Å². The van der Waals surface area contributed by atoms with Crippen molar-refractivity contribution in [3.05, 3.63) is 108 Å². The molecule has 5 rings (SSSR count). The molecular weight excluding hydrogens is 484 g/mol. The van der Waals surface area contributed by atoms with Crippen LogP contribution >= 0.6 is 0 Å². The zero-order valence-corrected chi connectivity index (χ0v) is 20.7. The van der Waals surface area contributed by atoms with Crippen LogP contribution in [-0.4, -0.2) is 37.9 Å². The monoisotopic (exact) mass is 508 g/mol. The number of carboxylic acids is 1. The maximum atomic E-state index is 11.4. The minimum Gasteiger partial charge on any atom is -0.497 e. The molecular formula is C29H24N4O5. The summed E-state index contributed by atoms with van der Waals surface area (Å²) in [5.74, 6) is 2.02. The number of hydrogen-bond donors (Lipinski definition) is 1. The Hall–Kier alpha value is -5.18. The summed E-state index contributed by atoms with van der Waals surface area (Å²) in [5.41, 5.74) is 2.97. The molecule has 0 saturated carbocycles. The Morgan fingerprint density at radius 1 is 0.921 bits per heavy atom. The van der Waals surface area contributed by atoms with Crippen molar-refractivity contribution in [2.24, 2.45) is 0 Å². The van der Waals surface area contributed by atoms with E-state index in [1.54, 1.807) is 32.4 Å². The lowest BCUT2D eigenvalue weighted by molar-refractivity contribution is 0.0696. The predicted molar refractivity (Wildman–Crippen MR) is 140 cm³/mol. The summed E-state index contributed by atoms with van der Waals surface area (Å²) in [6, 6.07) is 24.1. The second-order valence-electron chi connectivity index (χ2n) is 8.31. The number of hydrogen-bond acceptors (Lipinski definition) is 7. The van der Waals surface area contributed by atoms with Crippen LogP contribution in [0.2, 0.25) is 0 Å². The third kappa shape index (κ3) is 5.31. The van der Waals surface area contributed by atoms with E-state index in [0.29, 0.717) is 41.2 Å². The molecule has 9 nitrogen and oxygen atoms in total. The third-order valence-electron chi connectivity index (χ3n) is 5.83. The number of pyridine rings is 2. The molecule has 0 amide bonds. The zero-order chi connectivity index (χ0) is 26.5. The number of aromatic carboxylic acids is 1. The summed E-state index contributed by atoms with van der Waals surface area (Å²) in [6.07, 6.45) is 3.03. The number of para-hydroxylation sites is 1. The Balaban J connectivity index is 1.30. The van der Waals surface area contributed by atoms with Gasteiger partial charge >= 0.3 is 5.97 Å². The van der Waals surface area contributed by atoms with E-state index in [-0.39, 0.29) is 5.56 Å². The van der Waals surface area contributed by atoms with Crippen molar-refractivity contribution >= 4 is 5.97 Å². The molecule has 38 heavy (non-hydrogen) atoms. The molecule has 190 valence electrons. The van der Waals surface area contributed by atoms with Crippen LogP contribution in [0.4, 0.5) is 0 Å². The maximum Gasteiger partial charge on any atom is 0.339 e. The first kappa shape index (κ1) is 24.5. The number of ether oxygens (including phenoxy) is 3. The molecule has 3 aromatic heterocycles. The molecule has 5 aromatic rings. The highest BCUT2D eigenvalue weighted by Crippen LogP contribution is 2.30. The highest BCUT2D eigenvalue weighted by Gasteiger charge is 2.16. The lowest BCUT2D eigenvalue weighted by atomic mass is 10.1. The van der Waals surface area contributed by atoms with Crippen molar-refractivity contribution in [2.45, 2.75) is 13.5 Å². The van der Waals surface area contributed by atoms with Gasteiger partial charge in [-0.3, -0.25) is 0 Å². The molecule has 9 heteroatoms. The minimum atomic E-state index is -1.03. The number of methoxy groups -OCH3 is 1. The Morgan fingerprint density at radius 2 is 1.71 bits per heavy atom. The van der Waals surface area contributed by atoms with Crippen LogP contribution in [0.1, 0.15) is 21.6 Å². The number of carboxylic acid groups (broad SMARTS) is 1. The van der Waals surface area contributed by atoms with Crippen molar-refractivity contribution < 1.29 is 24.1 Å². The van der Waals surface area contributed by atoms with E-state index in [1.807, 2.05) is 66.7 Å². The molecule has 0 radical (unpaired) electrons. The quantitative estimate of drug-likeness (QED) is 0.269. The predicted octanol–water partition coefficient (Wildman–Crippen LogP) is 5.72. The van der Waals surface area contributed by atoms with E-state index in [1.165, 1.54) is 10.9 Å². The van der Waals surface area contributed by atoms with Crippen molar-refractivity contribution in [1.29, 1.82) is 0 Å². The van der Waals surface area contributed by atoms with E-state index in [4.69, 9.17) is 19.2 Å². The van der Waals surface area contributed by atoms with Crippen molar-refractivity contribution in [1.82, 2.24) is 19.7 Å². The lowest BCUT2D eigenvalue weighted by Gasteiger charge is -2.13. The normalized spacial score (nSPS) is 10.7. The summed E-state index contributed by atoms with van der Waals surface area (Å²) in [6.45, 7) is 2.00. The van der Waals surface area contributed by atoms with Crippen molar-refractivity contribution in [2.75, 3.05) is 7.11 Å². The van der Waals surface area contributed by atoms with Crippen LogP contribution < -0.4 is 14.2 Å². The van der Waals surface area contributed by atoms with Crippen LogP contribution in [0, 0.1) is 6.92 Å². The van der Waals surface area contributed by atoms with E-state index < -0.39 is 5.97 Å². The van der Waals surface area contributed by atoms with Gasteiger partial charge in [0.1, 0.15) is 29.4 Å². The molecule has 0 unspecified atom stereocenters. The SMILES string of the molecule is COc1ccc(Oc2ccc(COc3ccccc3-c3cccc(-n4ncc(C(=O)O)c4C)n3)cn2)cc1. The fourth-order valence-corrected chi connectivity index (χ4v) is 3.83. The largest absolute Gasteiger partial charge is 0.497 e. The van der Waals surface area contributed by atoms with Gasteiger partial charge in [0.25, 0.3) is 0 Å². The summed E-state index contributed by atoms with van der Waals surface area (Å²) in [4.78, 5) is 20.5. The summed E-state index contributed by atoms with van der Waals surface area (Å²) < 4.78 is 18.6. The van der Waals surface area contributed by atoms with Gasteiger partial charge in [0.15, 0.2) is 5.82 Å². The first-order valence-electron chi connectivity index (χ1n) is 11.8. The van der Waals surface area contributed by atoms with Gasteiger partial charge in [-0.05, 0) is 61.5 Å². The number of benzene rings is 2. The van der Waals surface area contributed by atoms with Gasteiger partial charge in [-0.1, -0.05) is 18.2 Å². The highest BCUT2D eigenvalue weighted by atomic mass is 16.5. The maximum absolute atomic E-state index is 11.4. The number of aromatic nitrogens is 4. The van der Waals surface area contributed by atoms with Gasteiger partial charge in [0, 0.05) is 23.4 Å². The molecule has 0 aliphatic rings. The van der Waals surface area contributed by atoms with Crippen LogP contribution in [0.25, 0.3) is 17.1 Å². The Labute approximate surface area is 218 Å². The number of nitrogens with zero attached hydrogens (tertiary/aromatic N) is 4. The molecule has 0 aliphatic heterocycles. The van der Waals surface area contributed by atoms with Gasteiger partial charge in [-0.15, -0.1) is 0 Å². The van der Waals surface area contributed by atoms with E-state index in [0.717, 1.165) is 16.9 Å². The van der Waals surface area contributed by atoms with Crippen molar-refractivity contribution in [3.8, 4) is 40.2 Å². The molecule has 0 fully saturated rings. The molecule has 2 aromatic carbocycles. The fraction of sp³-hybridized carbons (Fsp3) is 0.103. The van der Waals surface area contributed by atoms with Gasteiger partial charge in [0.05, 0.1) is 24.7 Å². The lowest BCUT2D eigenvalue weighted by Crippen LogP contribution is -2.05. The van der Waals surface area contributed by atoms with Crippen LogP contribution in [0.15, 0.2) is 91.3 Å². The van der Waals surface area contributed by atoms with Gasteiger partial charge < -0.3 is 19.3 Å². The average molecular weight is 509 g/mol. The topological polar surface area (TPSA) is 109 Å². The smallest absolute Gasteiger partial charge is 0.339 e. The average Bonchev–Trinajstić information content (AvgIpc) is 3.35. The minimum absolute atomic E-state index is 0.134. The second kappa shape index (κ2) is 10.8. The molecule has 0 atom stereocenters. The molecule has 0 saturated heterocycles. The fourth-order valence-electron chi connectivity index (χ4n) is 3.83. The summed E-state index contributed by atoms with van der Waals surface area (Å²) >= 11 is 0. The Morgan fingerprint density at radius 3 is 2.42 bits per heavy atom. The van der Waals surface area contributed by atoms with E-state index in [2.05, 4.69) is 10.1 Å². The summed E-state index contributed by atoms with van der Waals surface area (Å²) in [7, 11) is 1.62. The molecule has 0 aliphatic carbocycles. The van der Waals surface area contributed by atoms with Crippen LogP contribution in [0.5, 0.6) is 23.1 Å². The molecule has 0 spiro atoms. The van der Waals surface area contributed by atoms with Gasteiger partial charge in [-0.25, -0.2) is 19.4 Å². The Kier molecular flexibility index (Phi) is 6.99. The molecule has 3 heterocycles. The Bertz CT molecular complexity index is 1560. The number of rotatable bonds is 9. The number of carbonyl (C=O) groups is 1.